The van der Waals surface area contributed by atoms with Crippen LogP contribution < -0.4 is 4.74 Å². The summed E-state index contributed by atoms with van der Waals surface area (Å²) in [5.74, 6) is 0.608. The summed E-state index contributed by atoms with van der Waals surface area (Å²) < 4.78 is 20.7. The Morgan fingerprint density at radius 3 is 2.53 bits per heavy atom. The van der Waals surface area contributed by atoms with Gasteiger partial charge in [0.1, 0.15) is 12.4 Å². The minimum absolute atomic E-state index is 0.187. The number of aliphatic hydroxyl groups is 1. The van der Waals surface area contributed by atoms with Crippen LogP contribution in [0.2, 0.25) is 0 Å². The first-order valence-corrected chi connectivity index (χ1v) is 5.95. The molecule has 2 aromatic carbocycles. The minimum Gasteiger partial charge on any atom is -0.488 e. The van der Waals surface area contributed by atoms with Gasteiger partial charge in [-0.15, -0.1) is 0 Å². The molecule has 0 bridgehead atoms. The SMILES string of the molecule is [2H]C([2H])(O)c1ccc(OCc2ccccc2)c(Br)c1. The van der Waals surface area contributed by atoms with Crippen LogP contribution >= 0.6 is 15.9 Å². The summed E-state index contributed by atoms with van der Waals surface area (Å²) in [5, 5.41) is 9.28. The van der Waals surface area contributed by atoms with E-state index in [2.05, 4.69) is 15.9 Å². The molecule has 0 aromatic heterocycles. The van der Waals surface area contributed by atoms with Gasteiger partial charge in [0.2, 0.25) is 0 Å². The van der Waals surface area contributed by atoms with Crippen molar-refractivity contribution in [3.05, 3.63) is 64.1 Å². The molecule has 0 unspecified atom stereocenters. The number of hydrogen-bond donors (Lipinski definition) is 1. The Morgan fingerprint density at radius 1 is 1.12 bits per heavy atom. The van der Waals surface area contributed by atoms with E-state index < -0.39 is 6.56 Å². The lowest BCUT2D eigenvalue weighted by Gasteiger charge is -2.09. The Labute approximate surface area is 112 Å². The Bertz CT molecular complexity index is 553. The average Bonchev–Trinajstić information content (AvgIpc) is 2.37. The first-order valence-electron chi connectivity index (χ1n) is 6.16. The third kappa shape index (κ3) is 3.32. The highest BCUT2D eigenvalue weighted by molar-refractivity contribution is 9.10. The second-order valence-electron chi connectivity index (χ2n) is 3.53. The highest BCUT2D eigenvalue weighted by Crippen LogP contribution is 2.26. The molecule has 0 heterocycles. The summed E-state index contributed by atoms with van der Waals surface area (Å²) in [7, 11) is 0. The van der Waals surface area contributed by atoms with E-state index in [-0.39, 0.29) is 5.56 Å². The van der Waals surface area contributed by atoms with Crippen LogP contribution in [0.1, 0.15) is 13.9 Å². The van der Waals surface area contributed by atoms with Crippen LogP contribution in [0.15, 0.2) is 53.0 Å². The molecule has 0 aliphatic rings. The van der Waals surface area contributed by atoms with Gasteiger partial charge in [0.05, 0.1) is 13.8 Å². The van der Waals surface area contributed by atoms with Crippen molar-refractivity contribution in [2.24, 2.45) is 0 Å². The molecule has 2 aromatic rings. The van der Waals surface area contributed by atoms with E-state index in [1.165, 1.54) is 12.1 Å². The second-order valence-corrected chi connectivity index (χ2v) is 4.39. The van der Waals surface area contributed by atoms with Gasteiger partial charge in [0.25, 0.3) is 0 Å². The molecule has 2 nitrogen and oxygen atoms in total. The number of benzene rings is 2. The maximum atomic E-state index is 9.28. The molecule has 0 atom stereocenters. The lowest BCUT2D eigenvalue weighted by molar-refractivity contribution is 0.280. The quantitative estimate of drug-likeness (QED) is 0.935. The average molecular weight is 295 g/mol. The summed E-state index contributed by atoms with van der Waals surface area (Å²) in [6, 6.07) is 14.4. The number of hydrogen-bond acceptors (Lipinski definition) is 2. The molecule has 3 heteroatoms. The van der Waals surface area contributed by atoms with Gasteiger partial charge >= 0.3 is 0 Å². The standard InChI is InChI=1S/C14H13BrO2/c15-13-8-12(9-16)6-7-14(13)17-10-11-4-2-1-3-5-11/h1-8,16H,9-10H2/i9D2. The zero-order chi connectivity index (χ0) is 13.9. The Balaban J connectivity index is 2.10. The van der Waals surface area contributed by atoms with Crippen LogP contribution in [0.3, 0.4) is 0 Å². The van der Waals surface area contributed by atoms with Crippen molar-refractivity contribution in [3.8, 4) is 5.75 Å². The maximum Gasteiger partial charge on any atom is 0.134 e. The van der Waals surface area contributed by atoms with Crippen LogP contribution in [-0.2, 0) is 13.2 Å². The van der Waals surface area contributed by atoms with E-state index in [4.69, 9.17) is 7.48 Å². The van der Waals surface area contributed by atoms with Crippen molar-refractivity contribution in [3.63, 3.8) is 0 Å². The summed E-state index contributed by atoms with van der Waals surface area (Å²) in [6.45, 7) is -1.91. The first-order chi connectivity index (χ1) is 8.97. The fourth-order valence-electron chi connectivity index (χ4n) is 1.42. The highest BCUT2D eigenvalue weighted by atomic mass is 79.9. The second kappa shape index (κ2) is 5.84. The Hall–Kier alpha value is -1.32. The van der Waals surface area contributed by atoms with E-state index in [0.717, 1.165) is 5.56 Å². The highest BCUT2D eigenvalue weighted by Gasteiger charge is 2.02. The molecule has 17 heavy (non-hydrogen) atoms. The summed E-state index contributed by atoms with van der Waals surface area (Å²) in [6.07, 6.45) is 0. The van der Waals surface area contributed by atoms with Crippen LogP contribution in [0.5, 0.6) is 5.75 Å². The maximum absolute atomic E-state index is 9.28. The van der Waals surface area contributed by atoms with Gasteiger partial charge in [0.15, 0.2) is 0 Å². The van der Waals surface area contributed by atoms with Gasteiger partial charge in [-0.2, -0.15) is 0 Å². The third-order valence-electron chi connectivity index (χ3n) is 2.30. The molecule has 0 amide bonds. The van der Waals surface area contributed by atoms with Gasteiger partial charge < -0.3 is 9.84 Å². The zero-order valence-electron chi connectivity index (χ0n) is 11.1. The lowest BCUT2D eigenvalue weighted by Crippen LogP contribution is -1.96. The smallest absolute Gasteiger partial charge is 0.134 e. The van der Waals surface area contributed by atoms with Crippen LogP contribution in [-0.4, -0.2) is 5.11 Å². The van der Waals surface area contributed by atoms with E-state index in [1.807, 2.05) is 30.3 Å². The molecule has 0 aliphatic heterocycles. The van der Waals surface area contributed by atoms with Crippen LogP contribution in [0, 0.1) is 0 Å². The molecule has 0 aliphatic carbocycles. The van der Waals surface area contributed by atoms with E-state index in [9.17, 15) is 5.11 Å². The molecule has 0 fully saturated rings. The molecule has 0 saturated heterocycles. The van der Waals surface area contributed by atoms with Gasteiger partial charge in [-0.1, -0.05) is 36.4 Å². The van der Waals surface area contributed by atoms with Crippen molar-refractivity contribution >= 4 is 15.9 Å². The molecule has 1 N–H and O–H groups in total. The van der Waals surface area contributed by atoms with Crippen molar-refractivity contribution in [2.45, 2.75) is 13.2 Å². The fourth-order valence-corrected chi connectivity index (χ4v) is 1.92. The first kappa shape index (κ1) is 9.68. The normalized spacial score (nSPS) is 12.8. The summed E-state index contributed by atoms with van der Waals surface area (Å²) in [5.41, 5.74) is 1.24. The summed E-state index contributed by atoms with van der Waals surface area (Å²) in [4.78, 5) is 0. The summed E-state index contributed by atoms with van der Waals surface area (Å²) >= 11 is 3.31. The molecule has 0 spiro atoms. The molecule has 0 saturated carbocycles. The van der Waals surface area contributed by atoms with Gasteiger partial charge in [-0.05, 0) is 39.2 Å². The molecular formula is C14H13BrO2. The fraction of sp³-hybridized carbons (Fsp3) is 0.143. The van der Waals surface area contributed by atoms with Crippen molar-refractivity contribution in [1.82, 2.24) is 0 Å². The van der Waals surface area contributed by atoms with E-state index in [0.29, 0.717) is 16.8 Å². The monoisotopic (exact) mass is 294 g/mol. The predicted molar refractivity (Wildman–Crippen MR) is 70.8 cm³/mol. The topological polar surface area (TPSA) is 29.5 Å². The molecule has 2 rings (SSSR count). The van der Waals surface area contributed by atoms with E-state index >= 15 is 0 Å². The molecule has 0 radical (unpaired) electrons. The molecule has 88 valence electrons. The van der Waals surface area contributed by atoms with Crippen molar-refractivity contribution in [2.75, 3.05) is 0 Å². The molecular weight excluding hydrogens is 280 g/mol. The largest absolute Gasteiger partial charge is 0.488 e. The van der Waals surface area contributed by atoms with E-state index in [1.54, 1.807) is 6.07 Å². The van der Waals surface area contributed by atoms with Gasteiger partial charge in [-0.25, -0.2) is 0 Å². The number of halogens is 1. The van der Waals surface area contributed by atoms with Crippen molar-refractivity contribution < 1.29 is 12.6 Å². The van der Waals surface area contributed by atoms with Crippen molar-refractivity contribution in [1.29, 1.82) is 0 Å². The zero-order valence-corrected chi connectivity index (χ0v) is 10.6. The van der Waals surface area contributed by atoms with Crippen LogP contribution in [0.4, 0.5) is 0 Å². The Morgan fingerprint density at radius 2 is 1.88 bits per heavy atom. The predicted octanol–water partition coefficient (Wildman–Crippen LogP) is 3.52. The third-order valence-corrected chi connectivity index (χ3v) is 2.92. The van der Waals surface area contributed by atoms with Crippen LogP contribution in [0.25, 0.3) is 0 Å². The van der Waals surface area contributed by atoms with Gasteiger partial charge in [-0.3, -0.25) is 0 Å². The Kier molecular flexibility index (Phi) is 3.33. The number of ether oxygens (including phenoxy) is 1. The lowest BCUT2D eigenvalue weighted by atomic mass is 10.2. The number of rotatable bonds is 4. The van der Waals surface area contributed by atoms with Gasteiger partial charge in [0, 0.05) is 0 Å². The minimum atomic E-state index is -2.35.